The van der Waals surface area contributed by atoms with Gasteiger partial charge in [-0.3, -0.25) is 5.41 Å². The van der Waals surface area contributed by atoms with Gasteiger partial charge in [0.1, 0.15) is 5.84 Å². The lowest BCUT2D eigenvalue weighted by atomic mass is 10.1. The van der Waals surface area contributed by atoms with Crippen LogP contribution in [0, 0.1) is 19.3 Å². The van der Waals surface area contributed by atoms with E-state index in [0.717, 1.165) is 37.8 Å². The molecule has 0 saturated heterocycles. The molecule has 0 bridgehead atoms. The maximum atomic E-state index is 7.89. The highest BCUT2D eigenvalue weighted by Crippen LogP contribution is 2.30. The average Bonchev–Trinajstić information content (AvgIpc) is 2.66. The molecule has 0 spiro atoms. The van der Waals surface area contributed by atoms with E-state index in [1.165, 1.54) is 0 Å². The van der Waals surface area contributed by atoms with E-state index in [1.54, 1.807) is 11.8 Å². The highest BCUT2D eigenvalue weighted by atomic mass is 79.9. The number of benzene rings is 1. The lowest BCUT2D eigenvalue weighted by Crippen LogP contribution is -2.17. The second-order valence-electron chi connectivity index (χ2n) is 4.39. The topological polar surface area (TPSA) is 67.7 Å². The molecule has 0 aliphatic rings. The summed E-state index contributed by atoms with van der Waals surface area (Å²) in [6.45, 7) is 6.03. The first kappa shape index (κ1) is 15.1. The molecular formula is C14H17BrN4S. The van der Waals surface area contributed by atoms with Crippen LogP contribution in [0.1, 0.15) is 23.9 Å². The van der Waals surface area contributed by atoms with Gasteiger partial charge in [-0.1, -0.05) is 13.0 Å². The first-order chi connectivity index (χ1) is 9.47. The molecule has 0 radical (unpaired) electrons. The van der Waals surface area contributed by atoms with Gasteiger partial charge in [-0.05, 0) is 47.7 Å². The number of nitrogen functional groups attached to an aromatic ring is 1. The van der Waals surface area contributed by atoms with Crippen LogP contribution >= 0.6 is 27.7 Å². The van der Waals surface area contributed by atoms with Crippen LogP contribution in [0.2, 0.25) is 0 Å². The number of aryl methyl sites for hydroxylation is 1. The Morgan fingerprint density at radius 3 is 2.65 bits per heavy atom. The molecule has 2 aromatic rings. The summed E-state index contributed by atoms with van der Waals surface area (Å²) in [5.74, 6) is 1.00. The second-order valence-corrected chi connectivity index (χ2v) is 6.49. The van der Waals surface area contributed by atoms with Crippen LogP contribution in [-0.2, 0) is 0 Å². The zero-order chi connectivity index (χ0) is 14.9. The van der Waals surface area contributed by atoms with Gasteiger partial charge in [0.15, 0.2) is 0 Å². The van der Waals surface area contributed by atoms with Crippen molar-refractivity contribution in [2.75, 3.05) is 5.75 Å². The SMILES string of the molecule is CCSc1cccc(-n2nc(C)c(Br)c2C)c1C(=N)N. The molecular weight excluding hydrogens is 336 g/mol. The molecule has 0 unspecified atom stereocenters. The highest BCUT2D eigenvalue weighted by molar-refractivity contribution is 9.10. The third kappa shape index (κ3) is 2.62. The van der Waals surface area contributed by atoms with Gasteiger partial charge in [-0.2, -0.15) is 5.10 Å². The Morgan fingerprint density at radius 2 is 2.15 bits per heavy atom. The van der Waals surface area contributed by atoms with E-state index in [4.69, 9.17) is 11.1 Å². The summed E-state index contributed by atoms with van der Waals surface area (Å²) < 4.78 is 2.83. The Hall–Kier alpha value is -1.27. The Morgan fingerprint density at radius 1 is 1.45 bits per heavy atom. The van der Waals surface area contributed by atoms with Crippen LogP contribution in [0.25, 0.3) is 5.69 Å². The van der Waals surface area contributed by atoms with E-state index in [1.807, 2.05) is 36.7 Å². The Labute approximate surface area is 131 Å². The maximum Gasteiger partial charge on any atom is 0.126 e. The van der Waals surface area contributed by atoms with E-state index in [0.29, 0.717) is 0 Å². The van der Waals surface area contributed by atoms with Crippen molar-refractivity contribution in [1.29, 1.82) is 5.41 Å². The first-order valence-corrected chi connectivity index (χ1v) is 8.07. The van der Waals surface area contributed by atoms with Gasteiger partial charge < -0.3 is 5.73 Å². The monoisotopic (exact) mass is 352 g/mol. The molecule has 2 rings (SSSR count). The number of nitrogens with two attached hydrogens (primary N) is 1. The lowest BCUT2D eigenvalue weighted by Gasteiger charge is -2.14. The molecule has 1 heterocycles. The van der Waals surface area contributed by atoms with Gasteiger partial charge in [0.25, 0.3) is 0 Å². The minimum atomic E-state index is 0.0697. The van der Waals surface area contributed by atoms with Gasteiger partial charge in [-0.15, -0.1) is 11.8 Å². The molecule has 20 heavy (non-hydrogen) atoms. The first-order valence-electron chi connectivity index (χ1n) is 6.29. The van der Waals surface area contributed by atoms with E-state index in [9.17, 15) is 0 Å². The summed E-state index contributed by atoms with van der Waals surface area (Å²) in [6.07, 6.45) is 0. The van der Waals surface area contributed by atoms with Crippen LogP contribution in [0.3, 0.4) is 0 Å². The van der Waals surface area contributed by atoms with Crippen LogP contribution in [0.4, 0.5) is 0 Å². The van der Waals surface area contributed by atoms with Crippen LogP contribution < -0.4 is 5.73 Å². The zero-order valence-corrected chi connectivity index (χ0v) is 14.1. The van der Waals surface area contributed by atoms with E-state index in [-0.39, 0.29) is 5.84 Å². The van der Waals surface area contributed by atoms with Gasteiger partial charge in [0.05, 0.1) is 27.1 Å². The van der Waals surface area contributed by atoms with Gasteiger partial charge in [-0.25, -0.2) is 4.68 Å². The summed E-state index contributed by atoms with van der Waals surface area (Å²) in [7, 11) is 0. The Bertz CT molecular complexity index is 663. The summed E-state index contributed by atoms with van der Waals surface area (Å²) in [5.41, 5.74) is 9.32. The molecule has 106 valence electrons. The van der Waals surface area contributed by atoms with Crippen molar-refractivity contribution in [2.45, 2.75) is 25.7 Å². The van der Waals surface area contributed by atoms with Gasteiger partial charge >= 0.3 is 0 Å². The van der Waals surface area contributed by atoms with Crippen molar-refractivity contribution in [3.05, 3.63) is 39.6 Å². The van der Waals surface area contributed by atoms with Crippen molar-refractivity contribution in [3.63, 3.8) is 0 Å². The fourth-order valence-electron chi connectivity index (χ4n) is 2.10. The summed E-state index contributed by atoms with van der Waals surface area (Å²) in [6, 6.07) is 5.92. The van der Waals surface area contributed by atoms with E-state index < -0.39 is 0 Å². The van der Waals surface area contributed by atoms with Crippen molar-refractivity contribution < 1.29 is 0 Å². The summed E-state index contributed by atoms with van der Waals surface area (Å²) in [4.78, 5) is 1.01. The van der Waals surface area contributed by atoms with Gasteiger partial charge in [0, 0.05) is 4.90 Å². The van der Waals surface area contributed by atoms with Gasteiger partial charge in [0.2, 0.25) is 0 Å². The van der Waals surface area contributed by atoms with E-state index >= 15 is 0 Å². The standard InChI is InChI=1S/C14H17BrN4S/c1-4-20-11-7-5-6-10(12(11)14(16)17)19-9(3)13(15)8(2)18-19/h5-7H,4H2,1-3H3,(H3,16,17). The number of hydrogen-bond acceptors (Lipinski definition) is 3. The third-order valence-corrected chi connectivity index (χ3v) is 5.09. The van der Waals surface area contributed by atoms with Crippen LogP contribution in [0.5, 0.6) is 0 Å². The molecule has 4 nitrogen and oxygen atoms in total. The Kier molecular flexibility index (Phi) is 4.55. The Balaban J connectivity index is 2.70. The quantitative estimate of drug-likeness (QED) is 0.501. The van der Waals surface area contributed by atoms with Crippen molar-refractivity contribution in [2.24, 2.45) is 5.73 Å². The molecule has 0 aliphatic carbocycles. The predicted octanol–water partition coefficient (Wildman–Crippen LogP) is 3.65. The number of rotatable bonds is 4. The fourth-order valence-corrected chi connectivity index (χ4v) is 3.19. The van der Waals surface area contributed by atoms with Crippen molar-refractivity contribution >= 4 is 33.5 Å². The van der Waals surface area contributed by atoms with Crippen LogP contribution in [0.15, 0.2) is 27.6 Å². The molecule has 0 amide bonds. The summed E-state index contributed by atoms with van der Waals surface area (Å²) >= 11 is 5.22. The number of aromatic nitrogens is 2. The number of nitrogens with one attached hydrogen (secondary N) is 1. The molecule has 1 aromatic carbocycles. The summed E-state index contributed by atoms with van der Waals surface area (Å²) in [5, 5.41) is 12.4. The molecule has 1 aromatic heterocycles. The number of thioether (sulfide) groups is 1. The molecule has 0 atom stereocenters. The lowest BCUT2D eigenvalue weighted by molar-refractivity contribution is 0.828. The zero-order valence-electron chi connectivity index (χ0n) is 11.7. The average molecular weight is 353 g/mol. The molecule has 0 saturated carbocycles. The van der Waals surface area contributed by atoms with Crippen LogP contribution in [-0.4, -0.2) is 21.4 Å². The minimum Gasteiger partial charge on any atom is -0.384 e. The van der Waals surface area contributed by atoms with Crippen molar-refractivity contribution in [3.8, 4) is 5.69 Å². The predicted molar refractivity (Wildman–Crippen MR) is 88.2 cm³/mol. The molecule has 0 fully saturated rings. The second kappa shape index (κ2) is 6.01. The molecule has 3 N–H and O–H groups in total. The molecule has 6 heteroatoms. The number of hydrogen-bond donors (Lipinski definition) is 2. The molecule has 0 aliphatic heterocycles. The number of halogens is 1. The normalized spacial score (nSPS) is 10.8. The van der Waals surface area contributed by atoms with Crippen molar-refractivity contribution in [1.82, 2.24) is 9.78 Å². The number of nitrogens with zero attached hydrogens (tertiary/aromatic N) is 2. The van der Waals surface area contributed by atoms with E-state index in [2.05, 4.69) is 28.0 Å². The largest absolute Gasteiger partial charge is 0.384 e. The highest BCUT2D eigenvalue weighted by Gasteiger charge is 2.17. The minimum absolute atomic E-state index is 0.0697. The fraction of sp³-hybridized carbons (Fsp3) is 0.286. The third-order valence-electron chi connectivity index (χ3n) is 3.00. The number of amidine groups is 1. The maximum absolute atomic E-state index is 7.89. The smallest absolute Gasteiger partial charge is 0.126 e.